The molecule has 3 aromatic rings. The Bertz CT molecular complexity index is 1450. The fourth-order valence-electron chi connectivity index (χ4n) is 4.04. The number of sulfonamides is 1. The summed E-state index contributed by atoms with van der Waals surface area (Å²) in [4.78, 5) is 28.3. The Morgan fingerprint density at radius 1 is 1.00 bits per heavy atom. The predicted molar refractivity (Wildman–Crippen MR) is 158 cm³/mol. The van der Waals surface area contributed by atoms with E-state index in [0.29, 0.717) is 22.2 Å². The Morgan fingerprint density at radius 2 is 1.70 bits per heavy atom. The second kappa shape index (κ2) is 13.9. The van der Waals surface area contributed by atoms with Crippen molar-refractivity contribution in [2.45, 2.75) is 44.7 Å². The number of nitrogens with one attached hydrogen (secondary N) is 1. The Labute approximate surface area is 245 Å². The molecular weight excluding hydrogens is 573 g/mol. The van der Waals surface area contributed by atoms with E-state index in [0.717, 1.165) is 16.3 Å². The highest BCUT2D eigenvalue weighted by Gasteiger charge is 2.33. The van der Waals surface area contributed by atoms with Gasteiger partial charge in [-0.3, -0.25) is 13.9 Å². The van der Waals surface area contributed by atoms with E-state index in [2.05, 4.69) is 5.32 Å². The molecule has 0 spiro atoms. The van der Waals surface area contributed by atoms with Gasteiger partial charge in [0.05, 0.1) is 27.7 Å². The molecule has 1 atom stereocenters. The quantitative estimate of drug-likeness (QED) is 0.296. The minimum atomic E-state index is -4.21. The SMILES string of the molecule is CCCNC(=O)[C@@H](C)N(Cc1ccc(Cl)c(Cl)c1)C(=O)CN(c1cc(C)ccc1OC)S(=O)(=O)c1ccccc1. The van der Waals surface area contributed by atoms with Crippen LogP contribution in [0.25, 0.3) is 0 Å². The molecule has 0 saturated carbocycles. The number of rotatable bonds is 12. The first-order valence-corrected chi connectivity index (χ1v) is 14.9. The molecule has 3 aromatic carbocycles. The van der Waals surface area contributed by atoms with Crippen LogP contribution >= 0.6 is 23.2 Å². The van der Waals surface area contributed by atoms with Gasteiger partial charge in [-0.15, -0.1) is 0 Å². The fourth-order valence-corrected chi connectivity index (χ4v) is 5.80. The van der Waals surface area contributed by atoms with Gasteiger partial charge in [-0.2, -0.15) is 0 Å². The topological polar surface area (TPSA) is 96.0 Å². The molecule has 0 saturated heterocycles. The maximum atomic E-state index is 14.0. The molecule has 8 nitrogen and oxygen atoms in total. The number of halogens is 2. The smallest absolute Gasteiger partial charge is 0.264 e. The van der Waals surface area contributed by atoms with E-state index < -0.39 is 28.5 Å². The van der Waals surface area contributed by atoms with Gasteiger partial charge in [-0.05, 0) is 67.8 Å². The van der Waals surface area contributed by atoms with Crippen molar-refractivity contribution in [3.05, 3.63) is 87.9 Å². The number of hydrogen-bond acceptors (Lipinski definition) is 5. The van der Waals surface area contributed by atoms with Crippen molar-refractivity contribution in [1.29, 1.82) is 0 Å². The number of carbonyl (C=O) groups excluding carboxylic acids is 2. The third-order valence-corrected chi connectivity index (χ3v) is 8.78. The van der Waals surface area contributed by atoms with Crippen LogP contribution in [0.5, 0.6) is 5.75 Å². The molecule has 0 unspecified atom stereocenters. The van der Waals surface area contributed by atoms with Crippen LogP contribution in [0.1, 0.15) is 31.4 Å². The summed E-state index contributed by atoms with van der Waals surface area (Å²) in [6.45, 7) is 5.20. The number of hydrogen-bond donors (Lipinski definition) is 1. The number of ether oxygens (including phenoxy) is 1. The van der Waals surface area contributed by atoms with Crippen molar-refractivity contribution in [2.24, 2.45) is 0 Å². The minimum Gasteiger partial charge on any atom is -0.495 e. The Kier molecular flexibility index (Phi) is 10.8. The highest BCUT2D eigenvalue weighted by atomic mass is 35.5. The summed E-state index contributed by atoms with van der Waals surface area (Å²) >= 11 is 12.3. The van der Waals surface area contributed by atoms with Gasteiger partial charge >= 0.3 is 0 Å². The molecule has 0 aromatic heterocycles. The molecule has 0 aliphatic heterocycles. The highest BCUT2D eigenvalue weighted by molar-refractivity contribution is 7.92. The first-order valence-electron chi connectivity index (χ1n) is 12.7. The summed E-state index contributed by atoms with van der Waals surface area (Å²) in [7, 11) is -2.78. The van der Waals surface area contributed by atoms with Crippen molar-refractivity contribution in [2.75, 3.05) is 24.5 Å². The van der Waals surface area contributed by atoms with Gasteiger partial charge in [-0.25, -0.2) is 8.42 Å². The van der Waals surface area contributed by atoms with E-state index in [1.807, 2.05) is 13.8 Å². The molecule has 11 heteroatoms. The second-order valence-electron chi connectivity index (χ2n) is 9.24. The third-order valence-electron chi connectivity index (χ3n) is 6.27. The molecule has 0 aliphatic rings. The van der Waals surface area contributed by atoms with Crippen LogP contribution < -0.4 is 14.4 Å². The van der Waals surface area contributed by atoms with E-state index >= 15 is 0 Å². The molecule has 0 bridgehead atoms. The van der Waals surface area contributed by atoms with Crippen LogP contribution in [-0.4, -0.2) is 51.4 Å². The van der Waals surface area contributed by atoms with E-state index in [-0.39, 0.29) is 28.8 Å². The summed E-state index contributed by atoms with van der Waals surface area (Å²) in [6, 6.07) is 16.9. The van der Waals surface area contributed by atoms with E-state index in [4.69, 9.17) is 27.9 Å². The lowest BCUT2D eigenvalue weighted by molar-refractivity contribution is -0.139. The average Bonchev–Trinajstić information content (AvgIpc) is 2.95. The largest absolute Gasteiger partial charge is 0.495 e. The van der Waals surface area contributed by atoms with E-state index in [9.17, 15) is 18.0 Å². The van der Waals surface area contributed by atoms with Gasteiger partial charge in [0.25, 0.3) is 10.0 Å². The summed E-state index contributed by atoms with van der Waals surface area (Å²) in [5.41, 5.74) is 1.61. The van der Waals surface area contributed by atoms with Gasteiger partial charge < -0.3 is 15.0 Å². The molecule has 2 amide bonds. The number of benzene rings is 3. The van der Waals surface area contributed by atoms with E-state index in [1.54, 1.807) is 61.5 Å². The van der Waals surface area contributed by atoms with E-state index in [1.165, 1.54) is 24.1 Å². The van der Waals surface area contributed by atoms with Crippen molar-refractivity contribution in [3.63, 3.8) is 0 Å². The molecule has 0 aliphatic carbocycles. The number of aryl methyl sites for hydroxylation is 1. The second-order valence-corrected chi connectivity index (χ2v) is 11.9. The van der Waals surface area contributed by atoms with Crippen molar-refractivity contribution in [3.8, 4) is 5.75 Å². The van der Waals surface area contributed by atoms with Gasteiger partial charge in [0.15, 0.2) is 0 Å². The zero-order valence-electron chi connectivity index (χ0n) is 22.9. The number of methoxy groups -OCH3 is 1. The first-order chi connectivity index (χ1) is 19.0. The van der Waals surface area contributed by atoms with Crippen LogP contribution in [0, 0.1) is 6.92 Å². The summed E-state index contributed by atoms with van der Waals surface area (Å²) < 4.78 is 34.4. The Hall–Kier alpha value is -3.27. The van der Waals surface area contributed by atoms with Gasteiger partial charge in [0, 0.05) is 13.1 Å². The third kappa shape index (κ3) is 7.47. The van der Waals surface area contributed by atoms with Crippen LogP contribution in [-0.2, 0) is 26.2 Å². The summed E-state index contributed by atoms with van der Waals surface area (Å²) in [6.07, 6.45) is 0.718. The minimum absolute atomic E-state index is 0.000606. The standard InChI is InChI=1S/C29H33Cl2N3O5S/c1-5-15-32-29(36)21(3)33(18-22-12-13-24(30)25(31)17-22)28(35)19-34(26-16-20(2)11-14-27(26)39-4)40(37,38)23-9-7-6-8-10-23/h6-14,16-17,21H,5,15,18-19H2,1-4H3,(H,32,36)/t21-/m1/s1. The first kappa shape index (κ1) is 31.3. The lowest BCUT2D eigenvalue weighted by Gasteiger charge is -2.32. The van der Waals surface area contributed by atoms with Crippen LogP contribution in [0.2, 0.25) is 10.0 Å². The Morgan fingerprint density at radius 3 is 2.33 bits per heavy atom. The van der Waals surface area contributed by atoms with Gasteiger partial charge in [0.2, 0.25) is 11.8 Å². The number of amides is 2. The zero-order valence-corrected chi connectivity index (χ0v) is 25.2. The van der Waals surface area contributed by atoms with Crippen LogP contribution in [0.15, 0.2) is 71.6 Å². The molecule has 214 valence electrons. The number of nitrogens with zero attached hydrogens (tertiary/aromatic N) is 2. The molecular formula is C29H33Cl2N3O5S. The highest BCUT2D eigenvalue weighted by Crippen LogP contribution is 2.34. The van der Waals surface area contributed by atoms with Crippen molar-refractivity contribution in [1.82, 2.24) is 10.2 Å². The summed E-state index contributed by atoms with van der Waals surface area (Å²) in [5, 5.41) is 3.46. The van der Waals surface area contributed by atoms with Crippen LogP contribution in [0.3, 0.4) is 0 Å². The summed E-state index contributed by atoms with van der Waals surface area (Å²) in [5.74, 6) is -0.670. The average molecular weight is 607 g/mol. The maximum Gasteiger partial charge on any atom is 0.264 e. The number of carbonyl (C=O) groups is 2. The predicted octanol–water partition coefficient (Wildman–Crippen LogP) is 5.45. The number of anilines is 1. The van der Waals surface area contributed by atoms with Crippen molar-refractivity contribution >= 4 is 50.7 Å². The molecule has 0 fully saturated rings. The van der Waals surface area contributed by atoms with Gasteiger partial charge in [0.1, 0.15) is 18.3 Å². The molecule has 3 rings (SSSR count). The fraction of sp³-hybridized carbons (Fsp3) is 0.310. The lowest BCUT2D eigenvalue weighted by atomic mass is 10.1. The zero-order chi connectivity index (χ0) is 29.4. The lowest BCUT2D eigenvalue weighted by Crippen LogP contribution is -2.51. The molecule has 40 heavy (non-hydrogen) atoms. The molecule has 1 N–H and O–H groups in total. The van der Waals surface area contributed by atoms with Crippen LogP contribution in [0.4, 0.5) is 5.69 Å². The Balaban J connectivity index is 2.09. The monoisotopic (exact) mass is 605 g/mol. The normalized spacial score (nSPS) is 11.9. The molecule has 0 heterocycles. The maximum absolute atomic E-state index is 14.0. The van der Waals surface area contributed by atoms with Crippen molar-refractivity contribution < 1.29 is 22.7 Å². The molecule has 0 radical (unpaired) electrons. The van der Waals surface area contributed by atoms with Gasteiger partial charge in [-0.1, -0.05) is 60.5 Å².